The zero-order chi connectivity index (χ0) is 24.4. The summed E-state index contributed by atoms with van der Waals surface area (Å²) in [6, 6.07) is 14.6. The lowest BCUT2D eigenvalue weighted by Gasteiger charge is -2.08. The fourth-order valence-electron chi connectivity index (χ4n) is 3.74. The minimum atomic E-state index is -3.36. The van der Waals surface area contributed by atoms with Crippen LogP contribution in [0.2, 0.25) is 0 Å². The number of nitrogens with zero attached hydrogens (tertiary/aromatic N) is 4. The SMILES string of the molecule is Cc1ccc(S(=O)(=O)CCCNc2nccc(-c3c(-c4ccc(F)cc4)nc4occn34)n2)cc1. The number of nitrogens with one attached hydrogen (secondary N) is 1. The first kappa shape index (κ1) is 22.7. The number of sulfone groups is 1. The van der Waals surface area contributed by atoms with Crippen molar-refractivity contribution in [2.75, 3.05) is 17.6 Å². The Morgan fingerprint density at radius 2 is 1.80 bits per heavy atom. The number of anilines is 1. The van der Waals surface area contributed by atoms with Crippen LogP contribution in [0.15, 0.2) is 82.6 Å². The van der Waals surface area contributed by atoms with Gasteiger partial charge in [-0.15, -0.1) is 0 Å². The van der Waals surface area contributed by atoms with Crippen molar-refractivity contribution in [1.82, 2.24) is 19.4 Å². The molecule has 0 unspecified atom stereocenters. The molecule has 0 fully saturated rings. The molecule has 3 aromatic heterocycles. The van der Waals surface area contributed by atoms with Gasteiger partial charge in [-0.3, -0.25) is 4.40 Å². The number of oxazole rings is 1. The predicted octanol–water partition coefficient (Wildman–Crippen LogP) is 4.77. The predicted molar refractivity (Wildman–Crippen MR) is 130 cm³/mol. The van der Waals surface area contributed by atoms with Crippen LogP contribution in [0, 0.1) is 12.7 Å². The van der Waals surface area contributed by atoms with E-state index in [0.29, 0.717) is 46.7 Å². The summed E-state index contributed by atoms with van der Waals surface area (Å²) in [4.78, 5) is 13.7. The molecule has 0 bridgehead atoms. The van der Waals surface area contributed by atoms with Gasteiger partial charge in [-0.2, -0.15) is 4.98 Å². The summed E-state index contributed by atoms with van der Waals surface area (Å²) in [5.41, 5.74) is 3.58. The molecule has 0 aliphatic rings. The Morgan fingerprint density at radius 3 is 2.57 bits per heavy atom. The number of hydrogen-bond acceptors (Lipinski definition) is 7. The van der Waals surface area contributed by atoms with Crippen LogP contribution in [0.5, 0.6) is 0 Å². The van der Waals surface area contributed by atoms with Crippen molar-refractivity contribution in [3.63, 3.8) is 0 Å². The molecular formula is C25H22FN5O3S. The van der Waals surface area contributed by atoms with Crippen LogP contribution in [0.1, 0.15) is 12.0 Å². The molecule has 0 radical (unpaired) electrons. The average molecular weight is 492 g/mol. The molecule has 0 spiro atoms. The molecule has 0 saturated carbocycles. The minimum Gasteiger partial charge on any atom is -0.432 e. The van der Waals surface area contributed by atoms with Crippen LogP contribution >= 0.6 is 0 Å². The molecule has 0 saturated heterocycles. The van der Waals surface area contributed by atoms with E-state index < -0.39 is 9.84 Å². The van der Waals surface area contributed by atoms with E-state index >= 15 is 0 Å². The van der Waals surface area contributed by atoms with E-state index in [1.807, 2.05) is 6.92 Å². The fourth-order valence-corrected chi connectivity index (χ4v) is 5.05. The number of rotatable bonds is 8. The summed E-state index contributed by atoms with van der Waals surface area (Å²) in [6.07, 6.45) is 5.26. The number of imidazole rings is 1. The Morgan fingerprint density at radius 1 is 1.03 bits per heavy atom. The lowest BCUT2D eigenvalue weighted by molar-refractivity contribution is 0.593. The molecule has 35 heavy (non-hydrogen) atoms. The van der Waals surface area contributed by atoms with Crippen molar-refractivity contribution >= 4 is 21.6 Å². The monoisotopic (exact) mass is 491 g/mol. The van der Waals surface area contributed by atoms with Crippen molar-refractivity contribution in [1.29, 1.82) is 0 Å². The number of hydrogen-bond donors (Lipinski definition) is 1. The van der Waals surface area contributed by atoms with Crippen LogP contribution in [0.4, 0.5) is 10.3 Å². The molecule has 5 rings (SSSR count). The van der Waals surface area contributed by atoms with Crippen LogP contribution < -0.4 is 5.32 Å². The third-order valence-electron chi connectivity index (χ3n) is 5.53. The highest BCUT2D eigenvalue weighted by atomic mass is 32.2. The highest BCUT2D eigenvalue weighted by molar-refractivity contribution is 7.91. The van der Waals surface area contributed by atoms with Crippen LogP contribution in [-0.4, -0.2) is 40.1 Å². The second kappa shape index (κ2) is 9.30. The van der Waals surface area contributed by atoms with Gasteiger partial charge in [0, 0.05) is 24.5 Å². The van der Waals surface area contributed by atoms with Gasteiger partial charge in [-0.1, -0.05) is 17.7 Å². The van der Waals surface area contributed by atoms with E-state index in [0.717, 1.165) is 11.1 Å². The van der Waals surface area contributed by atoms with Gasteiger partial charge in [0.1, 0.15) is 23.5 Å². The number of aromatic nitrogens is 4. The van der Waals surface area contributed by atoms with Gasteiger partial charge < -0.3 is 9.73 Å². The van der Waals surface area contributed by atoms with Gasteiger partial charge in [0.25, 0.3) is 0 Å². The lowest BCUT2D eigenvalue weighted by atomic mass is 10.1. The Labute approximate surface area is 201 Å². The summed E-state index contributed by atoms with van der Waals surface area (Å²) in [5, 5.41) is 3.10. The fraction of sp³-hybridized carbons (Fsp3) is 0.160. The maximum absolute atomic E-state index is 13.4. The average Bonchev–Trinajstić information content (AvgIpc) is 3.44. The number of aryl methyl sites for hydroxylation is 1. The molecule has 0 atom stereocenters. The summed E-state index contributed by atoms with van der Waals surface area (Å²) >= 11 is 0. The van der Waals surface area contributed by atoms with Crippen molar-refractivity contribution in [2.45, 2.75) is 18.2 Å². The summed E-state index contributed by atoms with van der Waals surface area (Å²) in [6.45, 7) is 2.30. The molecule has 5 aromatic rings. The highest BCUT2D eigenvalue weighted by Crippen LogP contribution is 2.32. The third kappa shape index (κ3) is 4.78. The maximum atomic E-state index is 13.4. The van der Waals surface area contributed by atoms with Crippen molar-refractivity contribution < 1.29 is 17.2 Å². The first-order valence-electron chi connectivity index (χ1n) is 11.0. The zero-order valence-corrected chi connectivity index (χ0v) is 19.7. The largest absolute Gasteiger partial charge is 0.432 e. The van der Waals surface area contributed by atoms with Gasteiger partial charge in [0.2, 0.25) is 5.95 Å². The second-order valence-electron chi connectivity index (χ2n) is 8.05. The molecule has 1 N–H and O–H groups in total. The van der Waals surface area contributed by atoms with Crippen molar-refractivity contribution in [2.24, 2.45) is 0 Å². The molecule has 0 amide bonds. The van der Waals surface area contributed by atoms with Gasteiger partial charge in [-0.25, -0.2) is 22.8 Å². The Kier molecular flexibility index (Phi) is 6.04. The van der Waals surface area contributed by atoms with Crippen LogP contribution in [0.3, 0.4) is 0 Å². The number of fused-ring (bicyclic) bond motifs is 1. The summed E-state index contributed by atoms with van der Waals surface area (Å²) in [5.74, 6) is 0.416. The standard InChI is InChI=1S/C25H22FN5O3S/c1-17-3-9-20(10-4-17)35(32,33)16-2-12-27-24-28-13-11-21(29-24)23-22(18-5-7-19(26)8-6-18)30-25-31(23)14-15-34-25/h3-11,13-15H,2,12,16H2,1H3,(H,27,28,29). The molecule has 2 aromatic carbocycles. The van der Waals surface area contributed by atoms with Gasteiger partial charge in [0.05, 0.1) is 16.3 Å². The quantitative estimate of drug-likeness (QED) is 0.312. The number of benzene rings is 2. The smallest absolute Gasteiger partial charge is 0.306 e. The molecule has 0 aliphatic carbocycles. The zero-order valence-electron chi connectivity index (χ0n) is 18.8. The maximum Gasteiger partial charge on any atom is 0.306 e. The van der Waals surface area contributed by atoms with E-state index in [-0.39, 0.29) is 11.6 Å². The molecule has 8 nitrogen and oxygen atoms in total. The Balaban J connectivity index is 1.33. The van der Waals surface area contributed by atoms with Gasteiger partial charge >= 0.3 is 5.84 Å². The highest BCUT2D eigenvalue weighted by Gasteiger charge is 2.19. The normalized spacial score (nSPS) is 11.7. The van der Waals surface area contributed by atoms with E-state index in [9.17, 15) is 12.8 Å². The second-order valence-corrected chi connectivity index (χ2v) is 10.2. The van der Waals surface area contributed by atoms with Crippen LogP contribution in [-0.2, 0) is 9.84 Å². The van der Waals surface area contributed by atoms with Gasteiger partial charge in [0.15, 0.2) is 9.84 Å². The molecule has 10 heteroatoms. The van der Waals surface area contributed by atoms with E-state index in [1.54, 1.807) is 59.3 Å². The van der Waals surface area contributed by atoms with E-state index in [4.69, 9.17) is 4.42 Å². The van der Waals surface area contributed by atoms with Crippen molar-refractivity contribution in [3.05, 3.63) is 84.6 Å². The first-order valence-corrected chi connectivity index (χ1v) is 12.6. The molecular weight excluding hydrogens is 469 g/mol. The lowest BCUT2D eigenvalue weighted by Crippen LogP contribution is -2.13. The van der Waals surface area contributed by atoms with Crippen molar-refractivity contribution in [3.8, 4) is 22.6 Å². The summed E-state index contributed by atoms with van der Waals surface area (Å²) < 4.78 is 45.8. The Bertz CT molecular complexity index is 1580. The summed E-state index contributed by atoms with van der Waals surface area (Å²) in [7, 11) is -3.36. The van der Waals surface area contributed by atoms with Gasteiger partial charge in [-0.05, 0) is 55.8 Å². The molecule has 178 valence electrons. The van der Waals surface area contributed by atoms with E-state index in [2.05, 4.69) is 20.3 Å². The Hall–Kier alpha value is -4.05. The third-order valence-corrected chi connectivity index (χ3v) is 7.35. The topological polar surface area (TPSA) is 102 Å². The minimum absolute atomic E-state index is 0.00965. The molecule has 0 aliphatic heterocycles. The number of halogens is 1. The molecule has 3 heterocycles. The van der Waals surface area contributed by atoms with E-state index in [1.165, 1.54) is 18.4 Å². The van der Waals surface area contributed by atoms with Crippen LogP contribution in [0.25, 0.3) is 28.5 Å². The first-order chi connectivity index (χ1) is 16.9.